The van der Waals surface area contributed by atoms with E-state index in [-0.39, 0.29) is 5.78 Å². The van der Waals surface area contributed by atoms with Crippen molar-refractivity contribution in [3.63, 3.8) is 0 Å². The first-order valence-electron chi connectivity index (χ1n) is 5.75. The van der Waals surface area contributed by atoms with E-state index < -0.39 is 0 Å². The summed E-state index contributed by atoms with van der Waals surface area (Å²) in [6.07, 6.45) is 4.31. The molecule has 0 atom stereocenters. The summed E-state index contributed by atoms with van der Waals surface area (Å²) in [5.74, 6) is 0.133. The summed E-state index contributed by atoms with van der Waals surface area (Å²) in [7, 11) is 0. The standard InChI is InChI=1S/C13H14ClN3O/c1-2-7-17-8-6-16-13(17)12(18)11-9(14)4-3-5-10(11)15/h3-6,8H,2,7,15H2,1H3. The third-order valence-electron chi connectivity index (χ3n) is 2.66. The van der Waals surface area contributed by atoms with Gasteiger partial charge < -0.3 is 10.3 Å². The number of carbonyl (C=O) groups is 1. The number of hydrogen-bond donors (Lipinski definition) is 1. The normalized spacial score (nSPS) is 10.6. The highest BCUT2D eigenvalue weighted by molar-refractivity contribution is 6.35. The number of hydrogen-bond acceptors (Lipinski definition) is 3. The van der Waals surface area contributed by atoms with Crippen molar-refractivity contribution in [1.82, 2.24) is 9.55 Å². The average Bonchev–Trinajstić information content (AvgIpc) is 2.77. The Balaban J connectivity index is 2.45. The molecule has 0 saturated carbocycles. The Labute approximate surface area is 110 Å². The van der Waals surface area contributed by atoms with Gasteiger partial charge >= 0.3 is 0 Å². The second-order valence-corrected chi connectivity index (χ2v) is 4.38. The second kappa shape index (κ2) is 5.23. The summed E-state index contributed by atoms with van der Waals surface area (Å²) in [6.45, 7) is 2.78. The number of nitrogen functional groups attached to an aromatic ring is 1. The van der Waals surface area contributed by atoms with Crippen molar-refractivity contribution in [3.05, 3.63) is 47.0 Å². The first kappa shape index (κ1) is 12.6. The van der Waals surface area contributed by atoms with Crippen LogP contribution in [0.2, 0.25) is 5.02 Å². The Kier molecular flexibility index (Phi) is 3.67. The van der Waals surface area contributed by atoms with Crippen LogP contribution in [0.4, 0.5) is 5.69 Å². The largest absolute Gasteiger partial charge is 0.398 e. The second-order valence-electron chi connectivity index (χ2n) is 3.98. The van der Waals surface area contributed by atoms with Crippen LogP contribution in [0.15, 0.2) is 30.6 Å². The minimum atomic E-state index is -0.239. The van der Waals surface area contributed by atoms with E-state index in [0.717, 1.165) is 13.0 Å². The fourth-order valence-corrected chi connectivity index (χ4v) is 2.10. The van der Waals surface area contributed by atoms with E-state index in [1.807, 2.05) is 11.5 Å². The van der Waals surface area contributed by atoms with Crippen LogP contribution in [-0.2, 0) is 6.54 Å². The lowest BCUT2D eigenvalue weighted by Crippen LogP contribution is -2.13. The van der Waals surface area contributed by atoms with Crippen LogP contribution in [0.25, 0.3) is 0 Å². The molecule has 0 unspecified atom stereocenters. The van der Waals surface area contributed by atoms with Crippen molar-refractivity contribution < 1.29 is 4.79 Å². The minimum Gasteiger partial charge on any atom is -0.398 e. The molecule has 0 fully saturated rings. The number of ketones is 1. The molecule has 0 bridgehead atoms. The van der Waals surface area contributed by atoms with Crippen LogP contribution in [0, 0.1) is 0 Å². The van der Waals surface area contributed by atoms with Gasteiger partial charge in [0.2, 0.25) is 5.78 Å². The molecule has 1 heterocycles. The molecule has 2 aromatic rings. The number of carbonyl (C=O) groups excluding carboxylic acids is 1. The predicted molar refractivity (Wildman–Crippen MR) is 71.8 cm³/mol. The average molecular weight is 264 g/mol. The summed E-state index contributed by atoms with van der Waals surface area (Å²) in [4.78, 5) is 16.5. The molecule has 0 aliphatic rings. The number of imidazole rings is 1. The molecule has 0 aliphatic carbocycles. The highest BCUT2D eigenvalue weighted by atomic mass is 35.5. The Morgan fingerprint density at radius 1 is 1.50 bits per heavy atom. The lowest BCUT2D eigenvalue weighted by Gasteiger charge is -2.08. The molecule has 94 valence electrons. The van der Waals surface area contributed by atoms with Crippen LogP contribution in [-0.4, -0.2) is 15.3 Å². The van der Waals surface area contributed by atoms with Gasteiger partial charge in [-0.3, -0.25) is 4.79 Å². The summed E-state index contributed by atoms with van der Waals surface area (Å²) in [5.41, 5.74) is 6.51. The van der Waals surface area contributed by atoms with Crippen molar-refractivity contribution in [2.45, 2.75) is 19.9 Å². The van der Waals surface area contributed by atoms with E-state index in [9.17, 15) is 4.79 Å². The monoisotopic (exact) mass is 263 g/mol. The van der Waals surface area contributed by atoms with Gasteiger partial charge in [0.25, 0.3) is 0 Å². The van der Waals surface area contributed by atoms with E-state index in [0.29, 0.717) is 22.1 Å². The molecule has 18 heavy (non-hydrogen) atoms. The maximum atomic E-state index is 12.4. The van der Waals surface area contributed by atoms with Crippen LogP contribution in [0.3, 0.4) is 0 Å². The van der Waals surface area contributed by atoms with E-state index in [1.165, 1.54) is 0 Å². The molecule has 5 heteroatoms. The van der Waals surface area contributed by atoms with Crippen LogP contribution in [0.5, 0.6) is 0 Å². The Hall–Kier alpha value is -1.81. The van der Waals surface area contributed by atoms with Gasteiger partial charge in [-0.25, -0.2) is 4.98 Å². The smallest absolute Gasteiger partial charge is 0.232 e. The number of aromatic nitrogens is 2. The fourth-order valence-electron chi connectivity index (χ4n) is 1.83. The highest BCUT2D eigenvalue weighted by Gasteiger charge is 2.20. The maximum absolute atomic E-state index is 12.4. The summed E-state index contributed by atoms with van der Waals surface area (Å²) in [6, 6.07) is 5.03. The molecule has 0 saturated heterocycles. The zero-order chi connectivity index (χ0) is 13.1. The van der Waals surface area contributed by atoms with Crippen molar-refractivity contribution in [3.8, 4) is 0 Å². The number of nitrogens with zero attached hydrogens (tertiary/aromatic N) is 2. The highest BCUT2D eigenvalue weighted by Crippen LogP contribution is 2.24. The van der Waals surface area contributed by atoms with Crippen molar-refractivity contribution >= 4 is 23.1 Å². The molecule has 4 nitrogen and oxygen atoms in total. The summed E-state index contributed by atoms with van der Waals surface area (Å²) in [5, 5.41) is 0.353. The SMILES string of the molecule is CCCn1ccnc1C(=O)c1c(N)cccc1Cl. The minimum absolute atomic E-state index is 0.239. The molecule has 0 amide bonds. The number of benzene rings is 1. The van der Waals surface area contributed by atoms with Crippen LogP contribution in [0.1, 0.15) is 29.5 Å². The Morgan fingerprint density at radius 2 is 2.28 bits per heavy atom. The van der Waals surface area contributed by atoms with E-state index in [4.69, 9.17) is 17.3 Å². The van der Waals surface area contributed by atoms with Gasteiger partial charge in [-0.1, -0.05) is 24.6 Å². The number of rotatable bonds is 4. The topological polar surface area (TPSA) is 60.9 Å². The number of aryl methyl sites for hydroxylation is 1. The molecule has 2 N–H and O–H groups in total. The Bertz CT molecular complexity index is 557. The molecule has 1 aromatic heterocycles. The number of nitrogens with two attached hydrogens (primary N) is 1. The van der Waals surface area contributed by atoms with Gasteiger partial charge in [0.15, 0.2) is 5.82 Å². The number of halogens is 1. The first-order valence-corrected chi connectivity index (χ1v) is 6.12. The lowest BCUT2D eigenvalue weighted by atomic mass is 10.1. The van der Waals surface area contributed by atoms with Crippen LogP contribution < -0.4 is 5.73 Å². The van der Waals surface area contributed by atoms with Gasteiger partial charge in [-0.15, -0.1) is 0 Å². The van der Waals surface area contributed by atoms with E-state index in [1.54, 1.807) is 30.6 Å². The molecule has 1 aromatic carbocycles. The summed E-state index contributed by atoms with van der Waals surface area (Å²) >= 11 is 6.03. The van der Waals surface area contributed by atoms with Crippen molar-refractivity contribution in [2.24, 2.45) is 0 Å². The van der Waals surface area contributed by atoms with Gasteiger partial charge in [0, 0.05) is 24.6 Å². The zero-order valence-corrected chi connectivity index (χ0v) is 10.8. The third kappa shape index (κ3) is 2.24. The molecular formula is C13H14ClN3O. The first-order chi connectivity index (χ1) is 8.65. The van der Waals surface area contributed by atoms with Gasteiger partial charge in [0.1, 0.15) is 0 Å². The van der Waals surface area contributed by atoms with Crippen molar-refractivity contribution in [1.29, 1.82) is 0 Å². The van der Waals surface area contributed by atoms with Gasteiger partial charge in [0.05, 0.1) is 10.6 Å². The quantitative estimate of drug-likeness (QED) is 0.682. The summed E-state index contributed by atoms with van der Waals surface area (Å²) < 4.78 is 1.81. The molecule has 0 spiro atoms. The zero-order valence-electron chi connectivity index (χ0n) is 10.1. The van der Waals surface area contributed by atoms with E-state index in [2.05, 4.69) is 4.98 Å². The molecular weight excluding hydrogens is 250 g/mol. The molecule has 0 aliphatic heterocycles. The third-order valence-corrected chi connectivity index (χ3v) is 2.97. The Morgan fingerprint density at radius 3 is 2.94 bits per heavy atom. The number of anilines is 1. The van der Waals surface area contributed by atoms with Crippen LogP contribution >= 0.6 is 11.6 Å². The van der Waals surface area contributed by atoms with Gasteiger partial charge in [-0.05, 0) is 18.6 Å². The maximum Gasteiger partial charge on any atom is 0.232 e. The molecule has 0 radical (unpaired) electrons. The fraction of sp³-hybridized carbons (Fsp3) is 0.231. The van der Waals surface area contributed by atoms with E-state index >= 15 is 0 Å². The predicted octanol–water partition coefficient (Wildman–Crippen LogP) is 2.76. The van der Waals surface area contributed by atoms with Crippen molar-refractivity contribution in [2.75, 3.05) is 5.73 Å². The van der Waals surface area contributed by atoms with Gasteiger partial charge in [-0.2, -0.15) is 0 Å². The lowest BCUT2D eigenvalue weighted by molar-refractivity contribution is 0.102. The molecule has 2 rings (SSSR count).